The smallest absolute Gasteiger partial charge is 0.303 e. The molecule has 0 radical (unpaired) electrons. The average molecular weight is 661 g/mol. The number of phenols is 2. The lowest BCUT2D eigenvalue weighted by atomic mass is 9.80. The van der Waals surface area contributed by atoms with Gasteiger partial charge in [-0.05, 0) is 42.4 Å². The maximum Gasteiger partial charge on any atom is 0.303 e. The van der Waals surface area contributed by atoms with Crippen LogP contribution in [0.1, 0.15) is 101 Å². The number of hydrogen-bond donors (Lipinski definition) is 4. The Hall–Kier alpha value is -5.63. The summed E-state index contributed by atoms with van der Waals surface area (Å²) in [6.07, 6.45) is 7.55. The Labute approximate surface area is 285 Å². The summed E-state index contributed by atoms with van der Waals surface area (Å²) >= 11 is 0. The second-order valence-corrected chi connectivity index (χ2v) is 12.2. The van der Waals surface area contributed by atoms with Gasteiger partial charge in [-0.3, -0.25) is 14.4 Å². The number of Topliss-reactive ketones (excluding diaryl/α,β-unsaturated/α-hetero) is 1. The van der Waals surface area contributed by atoms with Crippen LogP contribution in [0.2, 0.25) is 0 Å². The summed E-state index contributed by atoms with van der Waals surface area (Å²) in [7, 11) is 0. The average Bonchev–Trinajstić information content (AvgIpc) is 3.09. The van der Waals surface area contributed by atoms with Crippen molar-refractivity contribution in [3.63, 3.8) is 0 Å². The maximum atomic E-state index is 14.0. The van der Waals surface area contributed by atoms with Crippen LogP contribution in [0.3, 0.4) is 0 Å². The molecule has 0 aromatic heterocycles. The number of hydrogen-bond acceptors (Lipinski definition) is 6. The van der Waals surface area contributed by atoms with Gasteiger partial charge in [-0.1, -0.05) is 115 Å². The molecule has 4 aromatic rings. The highest BCUT2D eigenvalue weighted by atomic mass is 16.5. The minimum absolute atomic E-state index is 0.0392. The number of rotatable bonds is 15. The van der Waals surface area contributed by atoms with Crippen LogP contribution < -0.4 is 4.74 Å². The van der Waals surface area contributed by atoms with Crippen molar-refractivity contribution >= 4 is 29.9 Å². The van der Waals surface area contributed by atoms with Gasteiger partial charge in [-0.15, -0.1) is 0 Å². The number of carbonyl (C=O) groups is 3. The summed E-state index contributed by atoms with van der Waals surface area (Å²) in [5.74, 6) is -4.15. The molecule has 0 saturated carbocycles. The Morgan fingerprint density at radius 1 is 0.694 bits per heavy atom. The standard InChI is InChI=1S/C41H40O8/c42-32-26-33(29-16-8-3-9-17-29)49-41-37(31(19-11-21-35(45)46)25-23-28-14-6-2-7-15-28)39(47)36(40(48)38(32)41)30(18-10-20-34(43)44)24-22-27-12-4-1-5-13-27/h1-9,12-17,22-25,30-31,33,47-48H,10-11,18-21,26H2,(H,43,44)(H,45,46). The molecule has 1 aliphatic rings. The van der Waals surface area contributed by atoms with Gasteiger partial charge in [-0.2, -0.15) is 0 Å². The first-order chi connectivity index (χ1) is 23.7. The van der Waals surface area contributed by atoms with E-state index in [1.54, 1.807) is 0 Å². The molecule has 0 bridgehead atoms. The number of aromatic hydroxyl groups is 2. The molecule has 5 rings (SSSR count). The van der Waals surface area contributed by atoms with E-state index in [4.69, 9.17) is 4.74 Å². The van der Waals surface area contributed by atoms with Crippen LogP contribution in [-0.2, 0) is 9.59 Å². The lowest BCUT2D eigenvalue weighted by molar-refractivity contribution is -0.138. The highest BCUT2D eigenvalue weighted by Gasteiger charge is 2.38. The van der Waals surface area contributed by atoms with Gasteiger partial charge in [-0.25, -0.2) is 0 Å². The number of carbonyl (C=O) groups excluding carboxylic acids is 1. The highest BCUT2D eigenvalue weighted by molar-refractivity contribution is 6.04. The van der Waals surface area contributed by atoms with Crippen molar-refractivity contribution in [2.24, 2.45) is 0 Å². The largest absolute Gasteiger partial charge is 0.507 e. The molecule has 4 aromatic carbocycles. The molecule has 1 heterocycles. The predicted molar refractivity (Wildman–Crippen MR) is 188 cm³/mol. The van der Waals surface area contributed by atoms with Gasteiger partial charge in [0.2, 0.25) is 0 Å². The summed E-state index contributed by atoms with van der Waals surface area (Å²) < 4.78 is 6.53. The molecule has 1 aliphatic heterocycles. The van der Waals surface area contributed by atoms with Gasteiger partial charge < -0.3 is 25.2 Å². The van der Waals surface area contributed by atoms with Gasteiger partial charge in [0, 0.05) is 35.8 Å². The van der Waals surface area contributed by atoms with Crippen molar-refractivity contribution < 1.29 is 39.5 Å². The molecule has 4 N–H and O–H groups in total. The van der Waals surface area contributed by atoms with Crippen molar-refractivity contribution in [2.75, 3.05) is 0 Å². The van der Waals surface area contributed by atoms with Crippen molar-refractivity contribution in [2.45, 2.75) is 62.9 Å². The van der Waals surface area contributed by atoms with Crippen LogP contribution in [-0.4, -0.2) is 38.1 Å². The van der Waals surface area contributed by atoms with E-state index < -0.39 is 35.6 Å². The lowest BCUT2D eigenvalue weighted by Crippen LogP contribution is -2.23. The van der Waals surface area contributed by atoms with Gasteiger partial charge in [0.15, 0.2) is 5.78 Å². The third-order valence-electron chi connectivity index (χ3n) is 8.75. The summed E-state index contributed by atoms with van der Waals surface area (Å²) in [5, 5.41) is 43.0. The van der Waals surface area contributed by atoms with Gasteiger partial charge in [0.05, 0.1) is 6.42 Å². The number of carboxylic acid groups (broad SMARTS) is 2. The summed E-state index contributed by atoms with van der Waals surface area (Å²) in [5.41, 5.74) is 2.86. The molecular formula is C41H40O8. The zero-order valence-corrected chi connectivity index (χ0v) is 27.1. The number of carboxylic acids is 2. The zero-order valence-electron chi connectivity index (χ0n) is 27.1. The fourth-order valence-electron chi connectivity index (χ4n) is 6.33. The summed E-state index contributed by atoms with van der Waals surface area (Å²) in [6, 6.07) is 28.2. The Bertz CT molecular complexity index is 1810. The van der Waals surface area contributed by atoms with E-state index in [1.807, 2.05) is 115 Å². The molecule has 0 amide bonds. The van der Waals surface area contributed by atoms with Crippen molar-refractivity contribution in [1.29, 1.82) is 0 Å². The number of allylic oxidation sites excluding steroid dienone is 2. The number of benzene rings is 4. The first-order valence-corrected chi connectivity index (χ1v) is 16.5. The SMILES string of the molecule is O=C(O)CCCC(C=Cc1ccccc1)c1c(O)c2c(c(C(C=Cc3ccccc3)CCCC(=O)O)c1O)OC(c1ccccc1)CC2=O. The number of ketones is 1. The fraction of sp³-hybridized carbons (Fsp3) is 0.244. The van der Waals surface area contributed by atoms with Gasteiger partial charge >= 0.3 is 11.9 Å². The monoisotopic (exact) mass is 660 g/mol. The second kappa shape index (κ2) is 16.5. The van der Waals surface area contributed by atoms with Crippen molar-refractivity contribution in [3.05, 3.63) is 137 Å². The zero-order chi connectivity index (χ0) is 34.8. The number of aliphatic carboxylic acids is 2. The molecule has 8 heteroatoms. The van der Waals surface area contributed by atoms with E-state index in [9.17, 15) is 34.8 Å². The van der Waals surface area contributed by atoms with E-state index in [1.165, 1.54) is 0 Å². The Morgan fingerprint density at radius 3 is 1.65 bits per heavy atom. The fourth-order valence-corrected chi connectivity index (χ4v) is 6.33. The molecule has 0 spiro atoms. The first-order valence-electron chi connectivity index (χ1n) is 16.5. The van der Waals surface area contributed by atoms with Crippen LogP contribution in [0.4, 0.5) is 0 Å². The third-order valence-corrected chi connectivity index (χ3v) is 8.75. The molecule has 3 unspecified atom stereocenters. The lowest BCUT2D eigenvalue weighted by Gasteiger charge is -2.32. The van der Waals surface area contributed by atoms with E-state index >= 15 is 0 Å². The van der Waals surface area contributed by atoms with Crippen LogP contribution in [0.25, 0.3) is 12.2 Å². The molecule has 0 fully saturated rings. The van der Waals surface area contributed by atoms with Crippen LogP contribution >= 0.6 is 0 Å². The molecule has 0 aliphatic carbocycles. The molecule has 49 heavy (non-hydrogen) atoms. The summed E-state index contributed by atoms with van der Waals surface area (Å²) in [4.78, 5) is 37.0. The van der Waals surface area contributed by atoms with Crippen molar-refractivity contribution in [3.8, 4) is 17.2 Å². The minimum Gasteiger partial charge on any atom is -0.507 e. The molecule has 252 valence electrons. The van der Waals surface area contributed by atoms with E-state index in [0.29, 0.717) is 6.42 Å². The van der Waals surface area contributed by atoms with Gasteiger partial charge in [0.1, 0.15) is 28.9 Å². The topological polar surface area (TPSA) is 141 Å². The highest BCUT2D eigenvalue weighted by Crippen LogP contribution is 2.54. The van der Waals surface area contributed by atoms with E-state index in [0.717, 1.165) is 16.7 Å². The molecule has 3 atom stereocenters. The number of fused-ring (bicyclic) bond motifs is 1. The van der Waals surface area contributed by atoms with Crippen molar-refractivity contribution in [1.82, 2.24) is 0 Å². The van der Waals surface area contributed by atoms with E-state index in [-0.39, 0.29) is 72.5 Å². The second-order valence-electron chi connectivity index (χ2n) is 12.2. The Kier molecular flexibility index (Phi) is 11.7. The van der Waals surface area contributed by atoms with Gasteiger partial charge in [0.25, 0.3) is 0 Å². The Balaban J connectivity index is 1.71. The maximum absolute atomic E-state index is 14.0. The van der Waals surface area contributed by atoms with E-state index in [2.05, 4.69) is 0 Å². The van der Waals surface area contributed by atoms with Crippen LogP contribution in [0.5, 0.6) is 17.2 Å². The molecule has 0 saturated heterocycles. The number of phenolic OH excluding ortho intramolecular Hbond substituents is 2. The predicted octanol–water partition coefficient (Wildman–Crippen LogP) is 8.91. The third kappa shape index (κ3) is 8.84. The quantitative estimate of drug-likeness (QED) is 0.0991. The van der Waals surface area contributed by atoms with Crippen LogP contribution in [0, 0.1) is 0 Å². The molecular weight excluding hydrogens is 620 g/mol. The Morgan fingerprint density at radius 2 is 1.16 bits per heavy atom. The normalized spacial score (nSPS) is 15.5. The first kappa shape index (κ1) is 34.7. The molecule has 8 nitrogen and oxygen atoms in total. The minimum atomic E-state index is -0.967. The van der Waals surface area contributed by atoms with Crippen LogP contribution in [0.15, 0.2) is 103 Å². The summed E-state index contributed by atoms with van der Waals surface area (Å²) in [6.45, 7) is 0. The number of ether oxygens (including phenoxy) is 1.